The average molecular weight is 290 g/mol. The van der Waals surface area contributed by atoms with Crippen LogP contribution in [0.5, 0.6) is 11.5 Å². The van der Waals surface area contributed by atoms with Crippen LogP contribution in [0.2, 0.25) is 0 Å². The van der Waals surface area contributed by atoms with Gasteiger partial charge in [0.25, 0.3) is 0 Å². The first-order valence-electron chi connectivity index (χ1n) is 7.95. The zero-order valence-electron chi connectivity index (χ0n) is 13.1. The van der Waals surface area contributed by atoms with Crippen LogP contribution in [0.3, 0.4) is 0 Å². The number of nitrogens with one attached hydrogen (secondary N) is 1. The minimum absolute atomic E-state index is 0.804. The van der Waals surface area contributed by atoms with Crippen LogP contribution < -0.4 is 14.8 Å². The van der Waals surface area contributed by atoms with Crippen LogP contribution in [-0.2, 0) is 6.54 Å². The van der Waals surface area contributed by atoms with Crippen molar-refractivity contribution in [1.82, 2.24) is 10.2 Å². The van der Waals surface area contributed by atoms with E-state index < -0.39 is 0 Å². The Kier molecular flexibility index (Phi) is 4.66. The summed E-state index contributed by atoms with van der Waals surface area (Å²) in [4.78, 5) is 2.67. The molecular weight excluding hydrogens is 264 g/mol. The first kappa shape index (κ1) is 14.7. The highest BCUT2D eigenvalue weighted by Gasteiger charge is 2.33. The van der Waals surface area contributed by atoms with Crippen molar-refractivity contribution in [2.24, 2.45) is 5.92 Å². The smallest absolute Gasteiger partial charge is 0.122 e. The summed E-state index contributed by atoms with van der Waals surface area (Å²) in [5.74, 6) is 2.51. The Labute approximate surface area is 127 Å². The molecule has 0 amide bonds. The quantitative estimate of drug-likeness (QED) is 0.835. The second-order valence-corrected chi connectivity index (χ2v) is 6.23. The van der Waals surface area contributed by atoms with Gasteiger partial charge in [-0.05, 0) is 56.0 Å². The van der Waals surface area contributed by atoms with Gasteiger partial charge in [-0.2, -0.15) is 0 Å². The fourth-order valence-corrected chi connectivity index (χ4v) is 3.19. The van der Waals surface area contributed by atoms with Crippen molar-refractivity contribution in [1.29, 1.82) is 0 Å². The van der Waals surface area contributed by atoms with E-state index in [2.05, 4.69) is 22.3 Å². The maximum Gasteiger partial charge on any atom is 0.122 e. The Morgan fingerprint density at radius 2 is 1.81 bits per heavy atom. The largest absolute Gasteiger partial charge is 0.497 e. The molecule has 1 saturated heterocycles. The molecule has 4 heteroatoms. The molecular formula is C17H26N2O2. The molecule has 0 aromatic heterocycles. The van der Waals surface area contributed by atoms with E-state index in [0.29, 0.717) is 0 Å². The Balaban J connectivity index is 1.46. The number of rotatable bonds is 7. The third kappa shape index (κ3) is 3.89. The van der Waals surface area contributed by atoms with Gasteiger partial charge in [-0.1, -0.05) is 0 Å². The van der Waals surface area contributed by atoms with Gasteiger partial charge in [0.15, 0.2) is 0 Å². The maximum absolute atomic E-state index is 5.31. The third-order valence-corrected chi connectivity index (χ3v) is 4.55. The molecule has 0 bridgehead atoms. The molecule has 2 fully saturated rings. The van der Waals surface area contributed by atoms with Crippen molar-refractivity contribution in [3.8, 4) is 11.5 Å². The van der Waals surface area contributed by atoms with Crippen molar-refractivity contribution in [3.63, 3.8) is 0 Å². The third-order valence-electron chi connectivity index (χ3n) is 4.55. The first-order valence-corrected chi connectivity index (χ1v) is 7.95. The van der Waals surface area contributed by atoms with Crippen LogP contribution in [0.15, 0.2) is 18.2 Å². The van der Waals surface area contributed by atoms with Gasteiger partial charge in [0, 0.05) is 25.2 Å². The topological polar surface area (TPSA) is 33.7 Å². The van der Waals surface area contributed by atoms with E-state index in [1.54, 1.807) is 14.2 Å². The molecule has 1 N–H and O–H groups in total. The van der Waals surface area contributed by atoms with Gasteiger partial charge >= 0.3 is 0 Å². The lowest BCUT2D eigenvalue weighted by atomic mass is 10.1. The van der Waals surface area contributed by atoms with Crippen LogP contribution in [0.4, 0.5) is 0 Å². The van der Waals surface area contributed by atoms with Crippen LogP contribution >= 0.6 is 0 Å². The molecule has 2 aliphatic rings. The molecule has 4 nitrogen and oxygen atoms in total. The van der Waals surface area contributed by atoms with Gasteiger partial charge in [-0.3, -0.25) is 0 Å². The lowest BCUT2D eigenvalue weighted by Gasteiger charge is -2.15. The van der Waals surface area contributed by atoms with E-state index in [-0.39, 0.29) is 0 Å². The van der Waals surface area contributed by atoms with Gasteiger partial charge in [-0.15, -0.1) is 0 Å². The molecule has 1 saturated carbocycles. The summed E-state index contributed by atoms with van der Waals surface area (Å²) in [6.07, 6.45) is 4.18. The van der Waals surface area contributed by atoms with Crippen molar-refractivity contribution < 1.29 is 9.47 Å². The lowest BCUT2D eigenvalue weighted by molar-refractivity contribution is 0.312. The molecule has 0 radical (unpaired) electrons. The number of benzene rings is 1. The average Bonchev–Trinajstić information content (AvgIpc) is 3.26. The summed E-state index contributed by atoms with van der Waals surface area (Å²) < 4.78 is 10.6. The summed E-state index contributed by atoms with van der Waals surface area (Å²) in [6.45, 7) is 4.54. The van der Waals surface area contributed by atoms with Gasteiger partial charge in [-0.25, -0.2) is 0 Å². The second-order valence-electron chi connectivity index (χ2n) is 6.23. The van der Waals surface area contributed by atoms with E-state index in [1.165, 1.54) is 37.9 Å². The van der Waals surface area contributed by atoms with Gasteiger partial charge in [0.1, 0.15) is 11.5 Å². The lowest BCUT2D eigenvalue weighted by Crippen LogP contribution is -2.27. The molecule has 0 spiro atoms. The van der Waals surface area contributed by atoms with Crippen LogP contribution in [-0.4, -0.2) is 44.8 Å². The SMILES string of the molecule is COc1cc(CNCC2CCN(C3CC3)C2)cc(OC)c1. The van der Waals surface area contributed by atoms with Crippen LogP contribution in [0, 0.1) is 5.92 Å². The number of hydrogen-bond acceptors (Lipinski definition) is 4. The number of methoxy groups -OCH3 is 2. The number of nitrogens with zero attached hydrogens (tertiary/aromatic N) is 1. The van der Waals surface area contributed by atoms with E-state index in [0.717, 1.165) is 36.5 Å². The molecule has 1 aromatic rings. The van der Waals surface area contributed by atoms with Gasteiger partial charge in [0.05, 0.1) is 14.2 Å². The van der Waals surface area contributed by atoms with E-state index in [1.807, 2.05) is 6.07 Å². The second kappa shape index (κ2) is 6.67. The molecule has 1 unspecified atom stereocenters. The molecule has 1 heterocycles. The van der Waals surface area contributed by atoms with Crippen molar-refractivity contribution in [3.05, 3.63) is 23.8 Å². The minimum atomic E-state index is 0.804. The fraction of sp³-hybridized carbons (Fsp3) is 0.647. The summed E-state index contributed by atoms with van der Waals surface area (Å²) >= 11 is 0. The zero-order valence-corrected chi connectivity index (χ0v) is 13.1. The van der Waals surface area contributed by atoms with Crippen molar-refractivity contribution in [2.45, 2.75) is 31.8 Å². The van der Waals surface area contributed by atoms with E-state index in [4.69, 9.17) is 9.47 Å². The Morgan fingerprint density at radius 1 is 1.10 bits per heavy atom. The summed E-state index contributed by atoms with van der Waals surface area (Å²) in [5.41, 5.74) is 1.21. The zero-order chi connectivity index (χ0) is 14.7. The van der Waals surface area contributed by atoms with E-state index >= 15 is 0 Å². The summed E-state index contributed by atoms with van der Waals surface area (Å²) in [6, 6.07) is 6.97. The van der Waals surface area contributed by atoms with Gasteiger partial charge < -0.3 is 19.7 Å². The number of hydrogen-bond donors (Lipinski definition) is 1. The number of likely N-dealkylation sites (tertiary alicyclic amines) is 1. The Morgan fingerprint density at radius 3 is 2.43 bits per heavy atom. The Hall–Kier alpha value is -1.26. The summed E-state index contributed by atoms with van der Waals surface area (Å²) in [5, 5.41) is 3.59. The van der Waals surface area contributed by atoms with Gasteiger partial charge in [0.2, 0.25) is 0 Å². The molecule has 21 heavy (non-hydrogen) atoms. The van der Waals surface area contributed by atoms with Crippen LogP contribution in [0.1, 0.15) is 24.8 Å². The van der Waals surface area contributed by atoms with Crippen molar-refractivity contribution in [2.75, 3.05) is 33.9 Å². The molecule has 116 valence electrons. The summed E-state index contributed by atoms with van der Waals surface area (Å²) in [7, 11) is 3.38. The number of ether oxygens (including phenoxy) is 2. The molecule has 1 aliphatic carbocycles. The molecule has 1 atom stereocenters. The predicted molar refractivity (Wildman–Crippen MR) is 84.0 cm³/mol. The monoisotopic (exact) mass is 290 g/mol. The standard InChI is InChI=1S/C17H26N2O2/c1-20-16-7-14(8-17(9-16)21-2)11-18-10-13-5-6-19(12-13)15-3-4-15/h7-9,13,15,18H,3-6,10-12H2,1-2H3. The molecule has 1 aliphatic heterocycles. The fourth-order valence-electron chi connectivity index (χ4n) is 3.19. The van der Waals surface area contributed by atoms with Crippen LogP contribution in [0.25, 0.3) is 0 Å². The Bertz CT molecular complexity index is 452. The molecule has 3 rings (SSSR count). The highest BCUT2D eigenvalue weighted by molar-refractivity contribution is 5.38. The molecule has 1 aromatic carbocycles. The van der Waals surface area contributed by atoms with E-state index in [9.17, 15) is 0 Å². The van der Waals surface area contributed by atoms with Crippen molar-refractivity contribution >= 4 is 0 Å². The normalized spacial score (nSPS) is 22.5. The highest BCUT2D eigenvalue weighted by atomic mass is 16.5. The predicted octanol–water partition coefficient (Wildman–Crippen LogP) is 2.28. The first-order chi connectivity index (χ1) is 10.3. The minimum Gasteiger partial charge on any atom is -0.497 e. The highest BCUT2D eigenvalue weighted by Crippen LogP contribution is 2.31. The maximum atomic E-state index is 5.31.